The van der Waals surface area contributed by atoms with Gasteiger partial charge in [-0.2, -0.15) is 0 Å². The van der Waals surface area contributed by atoms with Gasteiger partial charge in [0.15, 0.2) is 0 Å². The Hall–Kier alpha value is -1.96. The fourth-order valence-electron chi connectivity index (χ4n) is 3.12. The molecule has 0 unspecified atom stereocenters. The van der Waals surface area contributed by atoms with E-state index in [1.54, 1.807) is 0 Å². The van der Waals surface area contributed by atoms with Crippen molar-refractivity contribution >= 4 is 21.8 Å². The lowest BCUT2D eigenvalue weighted by atomic mass is 10.0. The molecule has 3 aromatic rings. The van der Waals surface area contributed by atoms with E-state index in [0.717, 1.165) is 17.5 Å². The zero-order valence-electron chi connectivity index (χ0n) is 13.4. The Morgan fingerprint density at radius 2 is 1.59 bits per heavy atom. The van der Waals surface area contributed by atoms with E-state index in [2.05, 4.69) is 41.2 Å². The van der Waals surface area contributed by atoms with Crippen molar-refractivity contribution in [2.75, 3.05) is 0 Å². The maximum Gasteiger partial charge on any atom is 0.0967 e. The van der Waals surface area contributed by atoms with Crippen LogP contribution in [0, 0.1) is 0 Å². The third-order valence-electron chi connectivity index (χ3n) is 4.37. The number of nitrogens with zero attached hydrogens (tertiary/aromatic N) is 2. The van der Waals surface area contributed by atoms with Crippen LogP contribution in [0.2, 0.25) is 0 Å². The molecule has 2 nitrogen and oxygen atoms in total. The summed E-state index contributed by atoms with van der Waals surface area (Å²) in [5.74, 6) is 0. The second-order valence-electron chi connectivity index (χ2n) is 6.02. The van der Waals surface area contributed by atoms with Gasteiger partial charge in [0.25, 0.3) is 0 Å². The topological polar surface area (TPSA) is 25.8 Å². The summed E-state index contributed by atoms with van der Waals surface area (Å²) in [6, 6.07) is 10.6. The molecule has 0 amide bonds. The van der Waals surface area contributed by atoms with Crippen molar-refractivity contribution in [1.29, 1.82) is 0 Å². The molecule has 0 saturated heterocycles. The van der Waals surface area contributed by atoms with E-state index in [-0.39, 0.29) is 0 Å². The molecule has 114 valence electrons. The molecule has 0 saturated carbocycles. The number of pyridine rings is 2. The minimum Gasteiger partial charge on any atom is -0.254 e. The minimum absolute atomic E-state index is 1.02. The molecule has 22 heavy (non-hydrogen) atoms. The average molecular weight is 292 g/mol. The van der Waals surface area contributed by atoms with Crippen LogP contribution >= 0.6 is 0 Å². The fraction of sp³-hybridized carbons (Fsp3) is 0.400. The zero-order chi connectivity index (χ0) is 15.2. The molecule has 0 N–H and O–H groups in total. The highest BCUT2D eigenvalue weighted by atomic mass is 14.7. The molecule has 0 bridgehead atoms. The van der Waals surface area contributed by atoms with Crippen LogP contribution in [-0.4, -0.2) is 9.97 Å². The lowest BCUT2D eigenvalue weighted by Gasteiger charge is -2.08. The van der Waals surface area contributed by atoms with Gasteiger partial charge in [-0.1, -0.05) is 57.2 Å². The van der Waals surface area contributed by atoms with Gasteiger partial charge in [-0.15, -0.1) is 0 Å². The number of aromatic nitrogens is 2. The maximum absolute atomic E-state index is 4.58. The molecule has 0 fully saturated rings. The zero-order valence-corrected chi connectivity index (χ0v) is 13.4. The molecular formula is C20H24N2. The summed E-state index contributed by atoms with van der Waals surface area (Å²) in [4.78, 5) is 9.09. The number of unbranched alkanes of at least 4 members (excludes halogenated alkanes) is 5. The van der Waals surface area contributed by atoms with Gasteiger partial charge >= 0.3 is 0 Å². The molecule has 2 aromatic heterocycles. The molecule has 0 aliphatic heterocycles. The summed E-state index contributed by atoms with van der Waals surface area (Å²) >= 11 is 0. The van der Waals surface area contributed by atoms with Crippen molar-refractivity contribution in [2.24, 2.45) is 0 Å². The van der Waals surface area contributed by atoms with Crippen LogP contribution in [0.15, 0.2) is 42.7 Å². The van der Waals surface area contributed by atoms with Crippen LogP contribution in [0.1, 0.15) is 51.0 Å². The maximum atomic E-state index is 4.58. The van der Waals surface area contributed by atoms with Crippen molar-refractivity contribution in [3.8, 4) is 0 Å². The van der Waals surface area contributed by atoms with E-state index >= 15 is 0 Å². The Labute approximate surface area is 132 Å². The van der Waals surface area contributed by atoms with Gasteiger partial charge in [-0.3, -0.25) is 9.97 Å². The van der Waals surface area contributed by atoms with Crippen LogP contribution in [-0.2, 0) is 6.42 Å². The number of hydrogen-bond acceptors (Lipinski definition) is 2. The first-order chi connectivity index (χ1) is 10.9. The number of hydrogen-bond donors (Lipinski definition) is 0. The van der Waals surface area contributed by atoms with Gasteiger partial charge in [0.05, 0.1) is 11.0 Å². The first kappa shape index (κ1) is 15.0. The van der Waals surface area contributed by atoms with Crippen LogP contribution in [0.4, 0.5) is 0 Å². The van der Waals surface area contributed by atoms with Gasteiger partial charge in [0.1, 0.15) is 0 Å². The largest absolute Gasteiger partial charge is 0.254 e. The summed E-state index contributed by atoms with van der Waals surface area (Å²) in [6.07, 6.45) is 12.9. The van der Waals surface area contributed by atoms with Gasteiger partial charge in [0, 0.05) is 23.2 Å². The Bertz CT molecular complexity index is 749. The van der Waals surface area contributed by atoms with Gasteiger partial charge in [-0.05, 0) is 30.5 Å². The van der Waals surface area contributed by atoms with E-state index in [1.807, 2.05) is 18.5 Å². The van der Waals surface area contributed by atoms with E-state index < -0.39 is 0 Å². The second-order valence-corrected chi connectivity index (χ2v) is 6.02. The van der Waals surface area contributed by atoms with E-state index in [4.69, 9.17) is 0 Å². The SMILES string of the molecule is CCCCCCCCc1ccnc2c1ccc1cccnc12. The molecule has 2 heteroatoms. The molecular weight excluding hydrogens is 268 g/mol. The summed E-state index contributed by atoms with van der Waals surface area (Å²) in [7, 11) is 0. The third-order valence-corrected chi connectivity index (χ3v) is 4.37. The molecule has 0 radical (unpaired) electrons. The summed E-state index contributed by atoms with van der Waals surface area (Å²) < 4.78 is 0. The van der Waals surface area contributed by atoms with Gasteiger partial charge in [-0.25, -0.2) is 0 Å². The lowest BCUT2D eigenvalue weighted by molar-refractivity contribution is 0.608. The Kier molecular flexibility index (Phi) is 4.99. The Morgan fingerprint density at radius 3 is 2.50 bits per heavy atom. The lowest BCUT2D eigenvalue weighted by Crippen LogP contribution is -1.92. The van der Waals surface area contributed by atoms with Crippen molar-refractivity contribution < 1.29 is 0 Å². The number of aryl methyl sites for hydroxylation is 1. The first-order valence-electron chi connectivity index (χ1n) is 8.51. The fourth-order valence-corrected chi connectivity index (χ4v) is 3.12. The molecule has 2 heterocycles. The standard InChI is InChI=1S/C20H24N2/c1-2-3-4-5-6-7-9-16-13-15-22-20-18(16)12-11-17-10-8-14-21-19(17)20/h8,10-15H,2-7,9H2,1H3. The van der Waals surface area contributed by atoms with Crippen molar-refractivity contribution in [2.45, 2.75) is 51.9 Å². The van der Waals surface area contributed by atoms with E-state index in [9.17, 15) is 0 Å². The molecule has 3 rings (SSSR count). The normalized spacial score (nSPS) is 11.3. The van der Waals surface area contributed by atoms with E-state index in [1.165, 1.54) is 54.9 Å². The first-order valence-corrected chi connectivity index (χ1v) is 8.51. The van der Waals surface area contributed by atoms with E-state index in [0.29, 0.717) is 0 Å². The number of fused-ring (bicyclic) bond motifs is 3. The summed E-state index contributed by atoms with van der Waals surface area (Å²) in [6.45, 7) is 2.27. The Balaban J connectivity index is 1.77. The molecule has 0 atom stereocenters. The highest BCUT2D eigenvalue weighted by Gasteiger charge is 2.06. The highest BCUT2D eigenvalue weighted by molar-refractivity contribution is 6.03. The predicted molar refractivity (Wildman–Crippen MR) is 94.1 cm³/mol. The third kappa shape index (κ3) is 3.27. The van der Waals surface area contributed by atoms with Crippen LogP contribution in [0.25, 0.3) is 21.8 Å². The summed E-state index contributed by atoms with van der Waals surface area (Å²) in [5, 5.41) is 2.43. The van der Waals surface area contributed by atoms with Gasteiger partial charge < -0.3 is 0 Å². The Morgan fingerprint density at radius 1 is 0.773 bits per heavy atom. The van der Waals surface area contributed by atoms with Gasteiger partial charge in [0.2, 0.25) is 0 Å². The molecule has 0 spiro atoms. The van der Waals surface area contributed by atoms with Crippen molar-refractivity contribution in [1.82, 2.24) is 9.97 Å². The monoisotopic (exact) mass is 292 g/mol. The molecule has 1 aromatic carbocycles. The quantitative estimate of drug-likeness (QED) is 0.413. The van der Waals surface area contributed by atoms with Crippen LogP contribution in [0.3, 0.4) is 0 Å². The van der Waals surface area contributed by atoms with Crippen LogP contribution in [0.5, 0.6) is 0 Å². The highest BCUT2D eigenvalue weighted by Crippen LogP contribution is 2.25. The number of rotatable bonds is 7. The second kappa shape index (κ2) is 7.35. The number of benzene rings is 1. The summed E-state index contributed by atoms with van der Waals surface area (Å²) in [5.41, 5.74) is 3.47. The smallest absolute Gasteiger partial charge is 0.0967 e. The van der Waals surface area contributed by atoms with Crippen molar-refractivity contribution in [3.05, 3.63) is 48.3 Å². The van der Waals surface area contributed by atoms with Crippen LogP contribution < -0.4 is 0 Å². The average Bonchev–Trinajstić information content (AvgIpc) is 2.58. The molecule has 0 aliphatic rings. The minimum atomic E-state index is 1.02. The molecule has 0 aliphatic carbocycles. The predicted octanol–water partition coefficient (Wildman–Crippen LogP) is 5.69. The van der Waals surface area contributed by atoms with Crippen molar-refractivity contribution in [3.63, 3.8) is 0 Å².